The average molecular weight is 302 g/mol. The zero-order valence-corrected chi connectivity index (χ0v) is 13.4. The van der Waals surface area contributed by atoms with Crippen molar-refractivity contribution < 1.29 is 0 Å². The lowest BCUT2D eigenvalue weighted by molar-refractivity contribution is 0.965. The zero-order valence-electron chi connectivity index (χ0n) is 12.6. The van der Waals surface area contributed by atoms with Gasteiger partial charge in [0.1, 0.15) is 11.6 Å². The van der Waals surface area contributed by atoms with Gasteiger partial charge < -0.3 is 10.6 Å². The van der Waals surface area contributed by atoms with Gasteiger partial charge in [-0.3, -0.25) is 0 Å². The molecule has 0 unspecified atom stereocenters. The molecule has 0 fully saturated rings. The molecule has 0 amide bonds. The maximum atomic E-state index is 4.61. The van der Waals surface area contributed by atoms with Crippen LogP contribution in [0.2, 0.25) is 0 Å². The molecule has 0 atom stereocenters. The highest BCUT2D eigenvalue weighted by molar-refractivity contribution is 7.98. The Morgan fingerprint density at radius 2 is 1.67 bits per heavy atom. The number of benzene rings is 1. The Hall–Kier alpha value is -1.75. The summed E-state index contributed by atoms with van der Waals surface area (Å²) in [5.74, 6) is 3.56. The number of hydrogen-bond donors (Lipinski definition) is 2. The van der Waals surface area contributed by atoms with E-state index in [4.69, 9.17) is 0 Å². The van der Waals surface area contributed by atoms with Crippen molar-refractivity contribution in [1.82, 2.24) is 9.97 Å². The van der Waals surface area contributed by atoms with E-state index >= 15 is 0 Å². The molecule has 5 heteroatoms. The van der Waals surface area contributed by atoms with Gasteiger partial charge in [-0.25, -0.2) is 9.97 Å². The van der Waals surface area contributed by atoms with Gasteiger partial charge in [0.25, 0.3) is 0 Å². The summed E-state index contributed by atoms with van der Waals surface area (Å²) < 4.78 is 0. The van der Waals surface area contributed by atoms with Crippen molar-refractivity contribution in [3.05, 3.63) is 36.4 Å². The van der Waals surface area contributed by atoms with E-state index in [9.17, 15) is 0 Å². The van der Waals surface area contributed by atoms with Crippen molar-refractivity contribution in [1.29, 1.82) is 0 Å². The Morgan fingerprint density at radius 1 is 1.00 bits per heavy atom. The summed E-state index contributed by atoms with van der Waals surface area (Å²) in [7, 11) is 0. The quantitative estimate of drug-likeness (QED) is 0.728. The standard InChI is InChI=1S/C16H22N4S/c1-3-9-17-14-12-15(18-10-11-21-2)20-16(19-14)13-7-5-4-6-8-13/h4-8,12H,3,9-11H2,1-2H3,(H2,17,18,19,20). The van der Waals surface area contributed by atoms with Crippen LogP contribution in [0.3, 0.4) is 0 Å². The van der Waals surface area contributed by atoms with Crippen LogP contribution in [0.1, 0.15) is 13.3 Å². The normalized spacial score (nSPS) is 10.4. The van der Waals surface area contributed by atoms with Gasteiger partial charge in [-0.1, -0.05) is 37.3 Å². The lowest BCUT2D eigenvalue weighted by Crippen LogP contribution is -2.09. The predicted molar refractivity (Wildman–Crippen MR) is 93.1 cm³/mol. The third-order valence-corrected chi connectivity index (χ3v) is 3.54. The lowest BCUT2D eigenvalue weighted by atomic mass is 10.2. The molecule has 0 spiro atoms. The summed E-state index contributed by atoms with van der Waals surface area (Å²) in [6.45, 7) is 3.96. The lowest BCUT2D eigenvalue weighted by Gasteiger charge is -2.11. The van der Waals surface area contributed by atoms with Gasteiger partial charge in [0, 0.05) is 30.5 Å². The van der Waals surface area contributed by atoms with Crippen LogP contribution < -0.4 is 10.6 Å². The first kappa shape index (κ1) is 15.6. The van der Waals surface area contributed by atoms with Crippen molar-refractivity contribution in [3.8, 4) is 11.4 Å². The van der Waals surface area contributed by atoms with Crippen molar-refractivity contribution in [2.45, 2.75) is 13.3 Å². The van der Waals surface area contributed by atoms with E-state index in [-0.39, 0.29) is 0 Å². The van der Waals surface area contributed by atoms with Crippen LogP contribution in [-0.2, 0) is 0 Å². The summed E-state index contributed by atoms with van der Waals surface area (Å²) in [4.78, 5) is 9.21. The van der Waals surface area contributed by atoms with Crippen LogP contribution >= 0.6 is 11.8 Å². The fourth-order valence-electron chi connectivity index (χ4n) is 1.88. The minimum Gasteiger partial charge on any atom is -0.370 e. The molecule has 0 aliphatic rings. The number of nitrogens with zero attached hydrogens (tertiary/aromatic N) is 2. The van der Waals surface area contributed by atoms with Gasteiger partial charge in [0.05, 0.1) is 0 Å². The molecule has 2 N–H and O–H groups in total. The number of rotatable bonds is 8. The molecule has 0 saturated heterocycles. The van der Waals surface area contributed by atoms with Gasteiger partial charge in [-0.15, -0.1) is 0 Å². The fraction of sp³-hybridized carbons (Fsp3) is 0.375. The van der Waals surface area contributed by atoms with Crippen LogP contribution in [0.4, 0.5) is 11.6 Å². The molecule has 0 aliphatic heterocycles. The molecule has 1 heterocycles. The average Bonchev–Trinajstić information content (AvgIpc) is 2.54. The summed E-state index contributed by atoms with van der Waals surface area (Å²) in [6.07, 6.45) is 3.17. The first-order chi connectivity index (χ1) is 10.3. The molecule has 1 aromatic heterocycles. The van der Waals surface area contributed by atoms with E-state index in [2.05, 4.69) is 33.8 Å². The van der Waals surface area contributed by atoms with Crippen LogP contribution in [0.5, 0.6) is 0 Å². The molecule has 0 aliphatic carbocycles. The molecule has 4 nitrogen and oxygen atoms in total. The van der Waals surface area contributed by atoms with Crippen LogP contribution in [-0.4, -0.2) is 35.1 Å². The highest BCUT2D eigenvalue weighted by Crippen LogP contribution is 2.20. The molecule has 0 radical (unpaired) electrons. The van der Waals surface area contributed by atoms with Gasteiger partial charge in [0.15, 0.2) is 5.82 Å². The van der Waals surface area contributed by atoms with E-state index in [0.717, 1.165) is 48.3 Å². The molecule has 0 saturated carbocycles. The molecule has 1 aromatic carbocycles. The Kier molecular flexibility index (Phi) is 6.34. The summed E-state index contributed by atoms with van der Waals surface area (Å²) in [6, 6.07) is 12.1. The predicted octanol–water partition coefficient (Wildman–Crippen LogP) is 3.74. The second kappa shape index (κ2) is 8.52. The maximum absolute atomic E-state index is 4.61. The third kappa shape index (κ3) is 4.93. The second-order valence-corrected chi connectivity index (χ2v) is 5.66. The molecule has 0 bridgehead atoms. The van der Waals surface area contributed by atoms with E-state index < -0.39 is 0 Å². The number of hydrogen-bond acceptors (Lipinski definition) is 5. The van der Waals surface area contributed by atoms with Gasteiger partial charge in [-0.2, -0.15) is 11.8 Å². The van der Waals surface area contributed by atoms with Gasteiger partial charge in [0.2, 0.25) is 0 Å². The van der Waals surface area contributed by atoms with Crippen LogP contribution in [0.25, 0.3) is 11.4 Å². The Labute approximate surface area is 130 Å². The maximum Gasteiger partial charge on any atom is 0.163 e. The van der Waals surface area contributed by atoms with E-state index in [0.29, 0.717) is 0 Å². The largest absolute Gasteiger partial charge is 0.370 e. The minimum absolute atomic E-state index is 0.753. The third-order valence-electron chi connectivity index (χ3n) is 2.93. The van der Waals surface area contributed by atoms with Crippen molar-refractivity contribution in [2.24, 2.45) is 0 Å². The Morgan fingerprint density at radius 3 is 2.29 bits per heavy atom. The molecular formula is C16H22N4S. The van der Waals surface area contributed by atoms with Crippen LogP contribution in [0, 0.1) is 0 Å². The molecule has 112 valence electrons. The summed E-state index contributed by atoms with van der Waals surface area (Å²) in [5.41, 5.74) is 1.03. The summed E-state index contributed by atoms with van der Waals surface area (Å²) in [5, 5.41) is 6.70. The number of nitrogens with one attached hydrogen (secondary N) is 2. The molecular weight excluding hydrogens is 280 g/mol. The Balaban J connectivity index is 2.23. The molecule has 2 rings (SSSR count). The van der Waals surface area contributed by atoms with Crippen molar-refractivity contribution >= 4 is 23.4 Å². The van der Waals surface area contributed by atoms with E-state index in [1.54, 1.807) is 0 Å². The monoisotopic (exact) mass is 302 g/mol. The summed E-state index contributed by atoms with van der Waals surface area (Å²) >= 11 is 1.82. The van der Waals surface area contributed by atoms with Crippen molar-refractivity contribution in [2.75, 3.05) is 35.7 Å². The number of aromatic nitrogens is 2. The first-order valence-electron chi connectivity index (χ1n) is 7.24. The SMILES string of the molecule is CCCNc1cc(NCCSC)nc(-c2ccccc2)n1. The van der Waals surface area contributed by atoms with Crippen LogP contribution in [0.15, 0.2) is 36.4 Å². The minimum atomic E-state index is 0.753. The van der Waals surface area contributed by atoms with Gasteiger partial charge >= 0.3 is 0 Å². The molecule has 21 heavy (non-hydrogen) atoms. The molecule has 2 aromatic rings. The number of anilines is 2. The first-order valence-corrected chi connectivity index (χ1v) is 8.64. The van der Waals surface area contributed by atoms with Gasteiger partial charge in [-0.05, 0) is 12.7 Å². The number of thioether (sulfide) groups is 1. The highest BCUT2D eigenvalue weighted by atomic mass is 32.2. The fourth-order valence-corrected chi connectivity index (χ4v) is 2.19. The zero-order chi connectivity index (χ0) is 14.9. The Bertz CT molecular complexity index is 545. The second-order valence-electron chi connectivity index (χ2n) is 4.67. The smallest absolute Gasteiger partial charge is 0.163 e. The van der Waals surface area contributed by atoms with Crippen molar-refractivity contribution in [3.63, 3.8) is 0 Å². The van der Waals surface area contributed by atoms with E-state index in [1.165, 1.54) is 0 Å². The van der Waals surface area contributed by atoms with E-state index in [1.807, 2.05) is 48.2 Å². The highest BCUT2D eigenvalue weighted by Gasteiger charge is 2.06. The topological polar surface area (TPSA) is 49.8 Å².